The van der Waals surface area contributed by atoms with Gasteiger partial charge in [0.15, 0.2) is 11.5 Å². The molecule has 0 aromatic heterocycles. The number of nitrogens with zero attached hydrogens (tertiary/aromatic N) is 2. The van der Waals surface area contributed by atoms with Gasteiger partial charge >= 0.3 is 5.97 Å². The lowest BCUT2D eigenvalue weighted by Gasteiger charge is -2.60. The van der Waals surface area contributed by atoms with E-state index in [0.717, 1.165) is 49.0 Å². The number of likely N-dealkylation sites (N-methyl/N-ethyl adjacent to an activating group) is 1. The monoisotopic (exact) mass is 538 g/mol. The molecule has 202 valence electrons. The topological polar surface area (TPSA) is 96.4 Å². The Morgan fingerprint density at radius 1 is 1.26 bits per heavy atom. The fourth-order valence-corrected chi connectivity index (χ4v) is 9.13. The van der Waals surface area contributed by atoms with Crippen molar-refractivity contribution < 1.29 is 27.8 Å². The lowest BCUT2D eigenvalue weighted by atomic mass is 9.51. The summed E-state index contributed by atoms with van der Waals surface area (Å²) in [6.45, 7) is 4.91. The van der Waals surface area contributed by atoms with E-state index in [1.807, 2.05) is 42.5 Å². The van der Waals surface area contributed by atoms with E-state index in [9.17, 15) is 18.3 Å². The second kappa shape index (κ2) is 9.48. The third-order valence-electron chi connectivity index (χ3n) is 9.20. The Kier molecular flexibility index (Phi) is 6.38. The van der Waals surface area contributed by atoms with Crippen LogP contribution in [0.25, 0.3) is 0 Å². The lowest BCUT2D eigenvalue weighted by Crippen LogP contribution is -2.68. The highest BCUT2D eigenvalue weighted by Gasteiger charge is 2.66. The van der Waals surface area contributed by atoms with Crippen molar-refractivity contribution in [1.29, 1.82) is 0 Å². The van der Waals surface area contributed by atoms with Crippen molar-refractivity contribution in [2.75, 3.05) is 26.7 Å². The molecule has 9 heteroatoms. The van der Waals surface area contributed by atoms with Gasteiger partial charge in [-0.25, -0.2) is 13.2 Å². The number of benzene rings is 2. The Hall–Kier alpha value is -2.72. The van der Waals surface area contributed by atoms with Crippen LogP contribution in [0.2, 0.25) is 0 Å². The van der Waals surface area contributed by atoms with Crippen LogP contribution in [0.5, 0.6) is 11.5 Å². The second-order valence-corrected chi connectivity index (χ2v) is 13.0. The van der Waals surface area contributed by atoms with E-state index in [2.05, 4.69) is 11.5 Å². The highest BCUT2D eigenvalue weighted by atomic mass is 32.2. The van der Waals surface area contributed by atoms with Gasteiger partial charge in [-0.05, 0) is 55.3 Å². The van der Waals surface area contributed by atoms with Gasteiger partial charge in [-0.2, -0.15) is 4.31 Å². The van der Waals surface area contributed by atoms with Crippen LogP contribution in [-0.2, 0) is 32.4 Å². The number of aliphatic hydroxyl groups is 1. The number of aliphatic hydroxyl groups excluding tert-OH is 1. The summed E-state index contributed by atoms with van der Waals surface area (Å²) >= 11 is 0. The van der Waals surface area contributed by atoms with Crippen LogP contribution in [0.3, 0.4) is 0 Å². The van der Waals surface area contributed by atoms with E-state index < -0.39 is 28.7 Å². The molecular weight excluding hydrogens is 504 g/mol. The van der Waals surface area contributed by atoms with Gasteiger partial charge in [-0.1, -0.05) is 42.5 Å². The number of hydrogen-bond acceptors (Lipinski definition) is 7. The predicted molar refractivity (Wildman–Crippen MR) is 142 cm³/mol. The third-order valence-corrected chi connectivity index (χ3v) is 11.0. The predicted octanol–water partition coefficient (Wildman–Crippen LogP) is 2.64. The van der Waals surface area contributed by atoms with Crippen LogP contribution in [0, 0.1) is 5.92 Å². The molecular formula is C29H34N2O6S. The number of likely N-dealkylation sites (tertiary alicyclic amines) is 1. The van der Waals surface area contributed by atoms with Crippen molar-refractivity contribution >= 4 is 16.0 Å². The third kappa shape index (κ3) is 3.82. The first-order valence-electron chi connectivity index (χ1n) is 13.3. The van der Waals surface area contributed by atoms with Crippen LogP contribution >= 0.6 is 0 Å². The summed E-state index contributed by atoms with van der Waals surface area (Å²) in [4.78, 5) is 14.5. The molecule has 1 saturated heterocycles. The zero-order valence-corrected chi connectivity index (χ0v) is 22.4. The Morgan fingerprint density at radius 3 is 2.79 bits per heavy atom. The minimum Gasteiger partial charge on any atom is -0.484 e. The fraction of sp³-hybridized carbons (Fsp3) is 0.483. The van der Waals surface area contributed by atoms with Gasteiger partial charge in [0, 0.05) is 30.6 Å². The fourth-order valence-electron chi connectivity index (χ4n) is 7.68. The average Bonchev–Trinajstić information content (AvgIpc) is 3.26. The Bertz CT molecular complexity index is 1360. The molecule has 6 rings (SSSR count). The largest absolute Gasteiger partial charge is 0.484 e. The number of carbonyl (C=O) groups is 1. The van der Waals surface area contributed by atoms with E-state index in [1.165, 1.54) is 4.31 Å². The minimum absolute atomic E-state index is 0.0721. The summed E-state index contributed by atoms with van der Waals surface area (Å²) in [6.07, 6.45) is 4.82. The van der Waals surface area contributed by atoms with E-state index in [0.29, 0.717) is 29.9 Å². The molecule has 2 heterocycles. The molecule has 2 bridgehead atoms. The van der Waals surface area contributed by atoms with Crippen LogP contribution in [-0.4, -0.2) is 73.6 Å². The molecule has 8 nitrogen and oxygen atoms in total. The van der Waals surface area contributed by atoms with Crippen LogP contribution in [0.4, 0.5) is 0 Å². The number of hydrogen-bond donors (Lipinski definition) is 1. The molecule has 0 amide bonds. The molecule has 2 aliphatic carbocycles. The average molecular weight is 539 g/mol. The van der Waals surface area contributed by atoms with E-state index in [-0.39, 0.29) is 17.2 Å². The van der Waals surface area contributed by atoms with Crippen LogP contribution < -0.4 is 9.47 Å². The van der Waals surface area contributed by atoms with Gasteiger partial charge in [-0.15, -0.1) is 6.58 Å². The molecule has 1 N–H and O–H groups in total. The molecule has 38 heavy (non-hydrogen) atoms. The number of esters is 1. The van der Waals surface area contributed by atoms with Gasteiger partial charge < -0.3 is 14.6 Å². The van der Waals surface area contributed by atoms with Crippen LogP contribution in [0.1, 0.15) is 36.0 Å². The number of piperidine rings is 1. The SMILES string of the molecule is C=CCN1CC[C@]23c4c5ccc(OC(=O)CO)c4OC2C(N(C)S(=O)(=O)Cc2ccccc2)CC[C@H]3[C@H]1C5. The Labute approximate surface area is 223 Å². The summed E-state index contributed by atoms with van der Waals surface area (Å²) in [5.41, 5.74) is 2.62. The maximum Gasteiger partial charge on any atom is 0.337 e. The van der Waals surface area contributed by atoms with E-state index in [4.69, 9.17) is 9.47 Å². The molecule has 2 aromatic carbocycles. The Balaban J connectivity index is 1.42. The summed E-state index contributed by atoms with van der Waals surface area (Å²) < 4.78 is 41.0. The van der Waals surface area contributed by atoms with Gasteiger partial charge in [0.1, 0.15) is 12.7 Å². The number of rotatable bonds is 8. The van der Waals surface area contributed by atoms with E-state index in [1.54, 1.807) is 13.1 Å². The molecule has 1 saturated carbocycles. The molecule has 2 aromatic rings. The zero-order chi connectivity index (χ0) is 26.7. The van der Waals surface area contributed by atoms with Gasteiger partial charge in [0.25, 0.3) is 0 Å². The zero-order valence-electron chi connectivity index (χ0n) is 21.6. The first-order valence-corrected chi connectivity index (χ1v) is 14.9. The van der Waals surface area contributed by atoms with Crippen LogP contribution in [0.15, 0.2) is 55.1 Å². The second-order valence-electron chi connectivity index (χ2n) is 11.0. The summed E-state index contributed by atoms with van der Waals surface area (Å²) in [5.74, 6) is 0.307. The van der Waals surface area contributed by atoms with Gasteiger partial charge in [0.2, 0.25) is 10.0 Å². The van der Waals surface area contributed by atoms with Crippen molar-refractivity contribution in [1.82, 2.24) is 9.21 Å². The maximum absolute atomic E-state index is 13.6. The molecule has 1 spiro atoms. The van der Waals surface area contributed by atoms with Gasteiger partial charge in [-0.3, -0.25) is 4.90 Å². The molecule has 2 unspecified atom stereocenters. The van der Waals surface area contributed by atoms with E-state index >= 15 is 0 Å². The summed E-state index contributed by atoms with van der Waals surface area (Å²) in [6, 6.07) is 12.9. The lowest BCUT2D eigenvalue weighted by molar-refractivity contribution is -0.137. The van der Waals surface area contributed by atoms with Crippen molar-refractivity contribution in [3.8, 4) is 11.5 Å². The standard InChI is InChI=1S/C29H34N2O6S/c1-3-14-31-15-13-29-21-10-11-22(30(2)38(34,35)18-19-7-5-4-6-8-19)28(29)37-27-24(36-25(33)17-32)12-9-20(26(27)29)16-23(21)31/h3-9,12,21-23,28,32H,1,10-11,13-18H2,2H3/t21-,22?,23+,28?,29-/m0/s1. The van der Waals surface area contributed by atoms with Crippen molar-refractivity contribution in [2.24, 2.45) is 5.92 Å². The summed E-state index contributed by atoms with van der Waals surface area (Å²) in [7, 11) is -1.95. The smallest absolute Gasteiger partial charge is 0.337 e. The van der Waals surface area contributed by atoms with Crippen molar-refractivity contribution in [2.45, 2.75) is 55.0 Å². The highest BCUT2D eigenvalue weighted by Crippen LogP contribution is 2.64. The molecule has 2 fully saturated rings. The number of carbonyl (C=O) groups excluding carboxylic acids is 1. The normalized spacial score (nSPS) is 29.4. The van der Waals surface area contributed by atoms with Crippen molar-refractivity contribution in [3.05, 3.63) is 71.8 Å². The molecule has 4 aliphatic rings. The number of ether oxygens (including phenoxy) is 2. The molecule has 2 aliphatic heterocycles. The van der Waals surface area contributed by atoms with Crippen molar-refractivity contribution in [3.63, 3.8) is 0 Å². The summed E-state index contributed by atoms with van der Waals surface area (Å²) in [5, 5.41) is 9.30. The van der Waals surface area contributed by atoms with Gasteiger partial charge in [0.05, 0.1) is 11.8 Å². The highest BCUT2D eigenvalue weighted by molar-refractivity contribution is 7.88. The molecule has 5 atom stereocenters. The quantitative estimate of drug-likeness (QED) is 0.314. The minimum atomic E-state index is -3.62. The number of sulfonamides is 1. The molecule has 0 radical (unpaired) electrons. The maximum atomic E-state index is 13.6. The Morgan fingerprint density at radius 2 is 2.05 bits per heavy atom. The first kappa shape index (κ1) is 25.6. The first-order chi connectivity index (χ1) is 18.3.